The van der Waals surface area contributed by atoms with Gasteiger partial charge in [-0.05, 0) is 31.4 Å². The van der Waals surface area contributed by atoms with Crippen molar-refractivity contribution in [3.05, 3.63) is 24.0 Å². The highest BCUT2D eigenvalue weighted by atomic mass is 16.5. The summed E-state index contributed by atoms with van der Waals surface area (Å²) >= 11 is 0. The summed E-state index contributed by atoms with van der Waals surface area (Å²) in [6.07, 6.45) is 5.39. The first-order valence-corrected chi connectivity index (χ1v) is 5.36. The van der Waals surface area contributed by atoms with E-state index in [1.807, 2.05) is 12.1 Å². The third kappa shape index (κ3) is 1.51. The molecule has 1 unspecified atom stereocenters. The third-order valence-corrected chi connectivity index (χ3v) is 2.84. The highest BCUT2D eigenvalue weighted by Gasteiger charge is 2.20. The van der Waals surface area contributed by atoms with Gasteiger partial charge in [0, 0.05) is 12.8 Å². The second-order valence-electron chi connectivity index (χ2n) is 3.86. The van der Waals surface area contributed by atoms with Crippen LogP contribution in [-0.4, -0.2) is 21.8 Å². The molecule has 1 saturated heterocycles. The monoisotopic (exact) mass is 203 g/mol. The summed E-state index contributed by atoms with van der Waals surface area (Å²) in [6, 6.07) is 3.86. The van der Waals surface area contributed by atoms with Gasteiger partial charge in [-0.2, -0.15) is 5.10 Å². The van der Waals surface area contributed by atoms with Crippen LogP contribution in [0.15, 0.2) is 18.3 Å². The Morgan fingerprint density at radius 1 is 1.40 bits per heavy atom. The summed E-state index contributed by atoms with van der Waals surface area (Å²) in [4.78, 5) is 4.34. The average molecular weight is 203 g/mol. The van der Waals surface area contributed by atoms with Gasteiger partial charge < -0.3 is 4.74 Å². The van der Waals surface area contributed by atoms with Crippen molar-refractivity contribution in [3.8, 4) is 0 Å². The highest BCUT2D eigenvalue weighted by molar-refractivity contribution is 5.76. The largest absolute Gasteiger partial charge is 0.372 e. The molecule has 3 heterocycles. The van der Waals surface area contributed by atoms with Gasteiger partial charge in [-0.3, -0.25) is 10.1 Å². The van der Waals surface area contributed by atoms with E-state index in [1.165, 1.54) is 6.42 Å². The summed E-state index contributed by atoms with van der Waals surface area (Å²) in [6.45, 7) is 0.845. The number of H-pyrrole nitrogens is 1. The predicted octanol–water partition coefficient (Wildman–Crippen LogP) is 2.20. The normalized spacial score (nSPS) is 22.0. The minimum atomic E-state index is 0.152. The number of aromatic nitrogens is 3. The quantitative estimate of drug-likeness (QED) is 0.773. The zero-order valence-corrected chi connectivity index (χ0v) is 8.44. The Kier molecular flexibility index (Phi) is 2.14. The zero-order valence-electron chi connectivity index (χ0n) is 8.44. The van der Waals surface area contributed by atoms with Crippen molar-refractivity contribution in [2.24, 2.45) is 0 Å². The fourth-order valence-electron chi connectivity index (χ4n) is 2.06. The number of aromatic amines is 1. The molecule has 78 valence electrons. The lowest BCUT2D eigenvalue weighted by atomic mass is 10.1. The van der Waals surface area contributed by atoms with E-state index in [4.69, 9.17) is 4.74 Å². The molecule has 15 heavy (non-hydrogen) atoms. The SMILES string of the molecule is c1cnc2c(C3CCCCO3)[nH]nc2c1. The molecule has 0 spiro atoms. The van der Waals surface area contributed by atoms with Crippen LogP contribution in [-0.2, 0) is 4.74 Å². The standard InChI is InChI=1S/C11H13N3O/c1-2-7-15-9(5-1)11-10-8(13-14-11)4-3-6-12-10/h3-4,6,9H,1-2,5,7H2,(H,13,14). The number of pyridine rings is 1. The first-order valence-electron chi connectivity index (χ1n) is 5.36. The maximum Gasteiger partial charge on any atom is 0.114 e. The van der Waals surface area contributed by atoms with Gasteiger partial charge in [0.15, 0.2) is 0 Å². The van der Waals surface area contributed by atoms with Crippen LogP contribution < -0.4 is 0 Å². The fourth-order valence-corrected chi connectivity index (χ4v) is 2.06. The number of hydrogen-bond donors (Lipinski definition) is 1. The van der Waals surface area contributed by atoms with E-state index in [-0.39, 0.29) is 6.10 Å². The summed E-state index contributed by atoms with van der Waals surface area (Å²) < 4.78 is 5.72. The summed E-state index contributed by atoms with van der Waals surface area (Å²) in [5.41, 5.74) is 2.90. The van der Waals surface area contributed by atoms with E-state index >= 15 is 0 Å². The van der Waals surface area contributed by atoms with Crippen molar-refractivity contribution in [2.45, 2.75) is 25.4 Å². The van der Waals surface area contributed by atoms with Crippen LogP contribution in [0.4, 0.5) is 0 Å². The van der Waals surface area contributed by atoms with Crippen molar-refractivity contribution in [1.29, 1.82) is 0 Å². The summed E-state index contributed by atoms with van der Waals surface area (Å²) in [5.74, 6) is 0. The predicted molar refractivity (Wildman–Crippen MR) is 56.4 cm³/mol. The smallest absolute Gasteiger partial charge is 0.114 e. The fraction of sp³-hybridized carbons (Fsp3) is 0.455. The van der Waals surface area contributed by atoms with E-state index in [0.29, 0.717) is 0 Å². The van der Waals surface area contributed by atoms with Crippen molar-refractivity contribution < 1.29 is 4.74 Å². The van der Waals surface area contributed by atoms with E-state index in [2.05, 4.69) is 15.2 Å². The molecule has 0 amide bonds. The Hall–Kier alpha value is -1.42. The highest BCUT2D eigenvalue weighted by Crippen LogP contribution is 2.29. The molecule has 4 heteroatoms. The number of ether oxygens (including phenoxy) is 1. The molecule has 1 aliphatic rings. The maximum absolute atomic E-state index is 5.72. The molecule has 0 saturated carbocycles. The molecule has 0 aliphatic carbocycles. The third-order valence-electron chi connectivity index (χ3n) is 2.84. The van der Waals surface area contributed by atoms with E-state index in [1.54, 1.807) is 6.20 Å². The zero-order chi connectivity index (χ0) is 10.1. The van der Waals surface area contributed by atoms with Crippen molar-refractivity contribution >= 4 is 11.0 Å². The van der Waals surface area contributed by atoms with Gasteiger partial charge in [0.1, 0.15) is 17.1 Å². The molecule has 1 fully saturated rings. The van der Waals surface area contributed by atoms with Gasteiger partial charge in [-0.15, -0.1) is 0 Å². The minimum absolute atomic E-state index is 0.152. The number of fused-ring (bicyclic) bond motifs is 1. The molecular formula is C11H13N3O. The first-order chi connectivity index (χ1) is 7.45. The molecule has 0 aromatic carbocycles. The average Bonchev–Trinajstić information content (AvgIpc) is 2.74. The second kappa shape index (κ2) is 3.62. The van der Waals surface area contributed by atoms with Crippen molar-refractivity contribution in [2.75, 3.05) is 6.61 Å². The molecule has 0 radical (unpaired) electrons. The number of nitrogens with zero attached hydrogens (tertiary/aromatic N) is 2. The van der Waals surface area contributed by atoms with E-state index in [0.717, 1.165) is 36.2 Å². The minimum Gasteiger partial charge on any atom is -0.372 e. The van der Waals surface area contributed by atoms with Crippen LogP contribution >= 0.6 is 0 Å². The van der Waals surface area contributed by atoms with Crippen LogP contribution in [0.25, 0.3) is 11.0 Å². The molecule has 2 aromatic rings. The van der Waals surface area contributed by atoms with Crippen LogP contribution in [0, 0.1) is 0 Å². The van der Waals surface area contributed by atoms with Gasteiger partial charge in [-0.25, -0.2) is 0 Å². The second-order valence-corrected chi connectivity index (χ2v) is 3.86. The maximum atomic E-state index is 5.72. The molecule has 1 aliphatic heterocycles. The Bertz CT molecular complexity index is 460. The first kappa shape index (κ1) is 8.85. The summed E-state index contributed by atoms with van der Waals surface area (Å²) in [5, 5.41) is 7.27. The Labute approximate surface area is 87.7 Å². The Balaban J connectivity index is 2.02. The topological polar surface area (TPSA) is 50.8 Å². The molecule has 0 bridgehead atoms. The van der Waals surface area contributed by atoms with Gasteiger partial charge in [0.05, 0.1) is 5.69 Å². The van der Waals surface area contributed by atoms with E-state index in [9.17, 15) is 0 Å². The van der Waals surface area contributed by atoms with Crippen molar-refractivity contribution in [1.82, 2.24) is 15.2 Å². The summed E-state index contributed by atoms with van der Waals surface area (Å²) in [7, 11) is 0. The molecule has 2 aromatic heterocycles. The van der Waals surface area contributed by atoms with Crippen LogP contribution in [0.3, 0.4) is 0 Å². The molecule has 1 N–H and O–H groups in total. The Morgan fingerprint density at radius 2 is 2.40 bits per heavy atom. The molecule has 4 nitrogen and oxygen atoms in total. The van der Waals surface area contributed by atoms with Gasteiger partial charge in [-0.1, -0.05) is 0 Å². The van der Waals surface area contributed by atoms with Gasteiger partial charge in [0.2, 0.25) is 0 Å². The van der Waals surface area contributed by atoms with Crippen molar-refractivity contribution in [3.63, 3.8) is 0 Å². The van der Waals surface area contributed by atoms with E-state index < -0.39 is 0 Å². The lowest BCUT2D eigenvalue weighted by Gasteiger charge is -2.21. The number of nitrogens with one attached hydrogen (secondary N) is 1. The molecular weight excluding hydrogens is 190 g/mol. The van der Waals surface area contributed by atoms with Crippen LogP contribution in [0.2, 0.25) is 0 Å². The lowest BCUT2D eigenvalue weighted by molar-refractivity contribution is 0.0130. The molecule has 1 atom stereocenters. The molecule has 3 rings (SSSR count). The van der Waals surface area contributed by atoms with Crippen LogP contribution in [0.5, 0.6) is 0 Å². The number of hydrogen-bond acceptors (Lipinski definition) is 3. The Morgan fingerprint density at radius 3 is 3.27 bits per heavy atom. The van der Waals surface area contributed by atoms with Crippen LogP contribution in [0.1, 0.15) is 31.1 Å². The lowest BCUT2D eigenvalue weighted by Crippen LogP contribution is -2.12. The number of rotatable bonds is 1. The van der Waals surface area contributed by atoms with Gasteiger partial charge >= 0.3 is 0 Å². The van der Waals surface area contributed by atoms with Gasteiger partial charge in [0.25, 0.3) is 0 Å².